The van der Waals surface area contributed by atoms with Crippen molar-refractivity contribution in [3.8, 4) is 0 Å². The summed E-state index contributed by atoms with van der Waals surface area (Å²) in [6.45, 7) is 3.51. The minimum atomic E-state index is 0.317. The Kier molecular flexibility index (Phi) is 7.05. The van der Waals surface area contributed by atoms with Crippen LogP contribution in [0.15, 0.2) is 12.1 Å². The number of aliphatic hydroxyl groups excluding tert-OH is 1. The normalized spacial score (nSPS) is 12.9. The number of nitrogens with one attached hydrogen (secondary N) is 1. The number of unbranched alkanes of at least 4 members (excludes halogenated alkanes) is 3. The summed E-state index contributed by atoms with van der Waals surface area (Å²) >= 11 is 7.53. The Morgan fingerprint density at radius 1 is 1.31 bits per heavy atom. The predicted octanol–water partition coefficient (Wildman–Crippen LogP) is 3.60. The van der Waals surface area contributed by atoms with E-state index in [0.717, 1.165) is 23.7 Å². The highest BCUT2D eigenvalue weighted by atomic mass is 35.5. The van der Waals surface area contributed by atoms with E-state index in [1.807, 2.05) is 6.07 Å². The third kappa shape index (κ3) is 5.30. The van der Waals surface area contributed by atoms with Crippen molar-refractivity contribution in [1.82, 2.24) is 5.32 Å². The summed E-state index contributed by atoms with van der Waals surface area (Å²) in [5.41, 5.74) is 0. The van der Waals surface area contributed by atoms with Gasteiger partial charge in [0.25, 0.3) is 0 Å². The molecule has 1 atom stereocenters. The Bertz CT molecular complexity index is 290. The first-order chi connectivity index (χ1) is 7.74. The van der Waals surface area contributed by atoms with Gasteiger partial charge in [-0.3, -0.25) is 0 Å². The van der Waals surface area contributed by atoms with E-state index in [1.165, 1.54) is 17.7 Å². The first-order valence-corrected chi connectivity index (χ1v) is 7.03. The average Bonchev–Trinajstić information content (AvgIpc) is 2.70. The summed E-state index contributed by atoms with van der Waals surface area (Å²) in [7, 11) is 0. The van der Waals surface area contributed by atoms with Crippen molar-refractivity contribution in [3.05, 3.63) is 21.3 Å². The summed E-state index contributed by atoms with van der Waals surface area (Å²) < 4.78 is 0.853. The number of rotatable bonds is 8. The molecule has 0 radical (unpaired) electrons. The molecule has 0 aliphatic rings. The molecule has 92 valence electrons. The maximum atomic E-state index is 8.64. The van der Waals surface area contributed by atoms with Gasteiger partial charge >= 0.3 is 0 Å². The van der Waals surface area contributed by atoms with Crippen LogP contribution in [-0.4, -0.2) is 18.3 Å². The van der Waals surface area contributed by atoms with Gasteiger partial charge in [-0.2, -0.15) is 0 Å². The fourth-order valence-electron chi connectivity index (χ4n) is 1.57. The van der Waals surface area contributed by atoms with E-state index in [1.54, 1.807) is 11.3 Å². The smallest absolute Gasteiger partial charge is 0.0931 e. The summed E-state index contributed by atoms with van der Waals surface area (Å²) in [6.07, 6.45) is 4.41. The van der Waals surface area contributed by atoms with Crippen molar-refractivity contribution < 1.29 is 5.11 Å². The summed E-state index contributed by atoms with van der Waals surface area (Å²) in [5, 5.41) is 12.1. The van der Waals surface area contributed by atoms with Crippen LogP contribution in [0.3, 0.4) is 0 Å². The van der Waals surface area contributed by atoms with Crippen LogP contribution >= 0.6 is 22.9 Å². The van der Waals surface area contributed by atoms with Crippen LogP contribution in [0.2, 0.25) is 4.34 Å². The van der Waals surface area contributed by atoms with E-state index in [4.69, 9.17) is 16.7 Å². The molecule has 2 nitrogen and oxygen atoms in total. The Balaban J connectivity index is 2.09. The van der Waals surface area contributed by atoms with Gasteiger partial charge < -0.3 is 10.4 Å². The lowest BCUT2D eigenvalue weighted by atomic mass is 10.2. The topological polar surface area (TPSA) is 32.3 Å². The summed E-state index contributed by atoms with van der Waals surface area (Å²) in [5.74, 6) is 0. The minimum absolute atomic E-state index is 0.317. The maximum Gasteiger partial charge on any atom is 0.0931 e. The monoisotopic (exact) mass is 261 g/mol. The van der Waals surface area contributed by atoms with E-state index in [9.17, 15) is 0 Å². The van der Waals surface area contributed by atoms with Crippen molar-refractivity contribution in [2.24, 2.45) is 0 Å². The lowest BCUT2D eigenvalue weighted by Gasteiger charge is -2.11. The molecule has 16 heavy (non-hydrogen) atoms. The second-order valence-electron chi connectivity index (χ2n) is 3.96. The highest BCUT2D eigenvalue weighted by Gasteiger charge is 2.06. The third-order valence-electron chi connectivity index (χ3n) is 2.56. The zero-order chi connectivity index (χ0) is 11.8. The van der Waals surface area contributed by atoms with Crippen molar-refractivity contribution in [3.63, 3.8) is 0 Å². The molecule has 1 aromatic heterocycles. The molecule has 0 aliphatic carbocycles. The van der Waals surface area contributed by atoms with Gasteiger partial charge in [0.1, 0.15) is 0 Å². The fraction of sp³-hybridized carbons (Fsp3) is 0.667. The van der Waals surface area contributed by atoms with Gasteiger partial charge in [0, 0.05) is 17.5 Å². The number of hydrogen-bond acceptors (Lipinski definition) is 3. The molecule has 0 spiro atoms. The largest absolute Gasteiger partial charge is 0.396 e. The Morgan fingerprint density at radius 3 is 2.69 bits per heavy atom. The van der Waals surface area contributed by atoms with E-state index >= 15 is 0 Å². The van der Waals surface area contributed by atoms with Gasteiger partial charge in [0.2, 0.25) is 0 Å². The SMILES string of the molecule is CC(NCCCCCCO)c1ccc(Cl)s1. The van der Waals surface area contributed by atoms with Gasteiger partial charge in [-0.15, -0.1) is 11.3 Å². The van der Waals surface area contributed by atoms with Crippen molar-refractivity contribution in [2.75, 3.05) is 13.2 Å². The molecule has 4 heteroatoms. The van der Waals surface area contributed by atoms with Crippen LogP contribution in [0.4, 0.5) is 0 Å². The lowest BCUT2D eigenvalue weighted by molar-refractivity contribution is 0.282. The van der Waals surface area contributed by atoms with Crippen molar-refractivity contribution in [2.45, 2.75) is 38.6 Å². The van der Waals surface area contributed by atoms with Crippen LogP contribution < -0.4 is 5.32 Å². The van der Waals surface area contributed by atoms with Crippen LogP contribution in [-0.2, 0) is 0 Å². The number of hydrogen-bond donors (Lipinski definition) is 2. The van der Waals surface area contributed by atoms with Crippen LogP contribution in [0.5, 0.6) is 0 Å². The lowest BCUT2D eigenvalue weighted by Crippen LogP contribution is -2.18. The minimum Gasteiger partial charge on any atom is -0.396 e. The van der Waals surface area contributed by atoms with E-state index in [2.05, 4.69) is 18.3 Å². The summed E-state index contributed by atoms with van der Waals surface area (Å²) in [6, 6.07) is 4.41. The Labute approximate surface area is 107 Å². The molecule has 2 N–H and O–H groups in total. The van der Waals surface area contributed by atoms with E-state index in [0.29, 0.717) is 12.6 Å². The average molecular weight is 262 g/mol. The zero-order valence-corrected chi connectivity index (χ0v) is 11.3. The van der Waals surface area contributed by atoms with Gasteiger partial charge in [-0.25, -0.2) is 0 Å². The number of aliphatic hydroxyl groups is 1. The molecule has 1 rings (SSSR count). The Morgan fingerprint density at radius 2 is 2.06 bits per heavy atom. The highest BCUT2D eigenvalue weighted by Crippen LogP contribution is 2.26. The molecule has 0 amide bonds. The molecule has 0 saturated heterocycles. The first kappa shape index (κ1) is 14.0. The predicted molar refractivity (Wildman–Crippen MR) is 71.3 cm³/mol. The third-order valence-corrected chi connectivity index (χ3v) is 3.97. The van der Waals surface area contributed by atoms with Crippen molar-refractivity contribution >= 4 is 22.9 Å². The van der Waals surface area contributed by atoms with Gasteiger partial charge in [0.05, 0.1) is 4.34 Å². The van der Waals surface area contributed by atoms with E-state index < -0.39 is 0 Å². The molecule has 1 aromatic rings. The number of halogens is 1. The van der Waals surface area contributed by atoms with Crippen LogP contribution in [0, 0.1) is 0 Å². The molecule has 0 aromatic carbocycles. The van der Waals surface area contributed by atoms with E-state index in [-0.39, 0.29) is 0 Å². The molecule has 0 aliphatic heterocycles. The molecule has 1 heterocycles. The summed E-state index contributed by atoms with van der Waals surface area (Å²) in [4.78, 5) is 1.29. The molecule has 0 bridgehead atoms. The Hall–Kier alpha value is -0.0900. The number of thiophene rings is 1. The van der Waals surface area contributed by atoms with Gasteiger partial charge in [0.15, 0.2) is 0 Å². The quantitative estimate of drug-likeness (QED) is 0.701. The second kappa shape index (κ2) is 8.07. The fourth-order valence-corrected chi connectivity index (χ4v) is 2.66. The highest BCUT2D eigenvalue weighted by molar-refractivity contribution is 7.16. The molecular weight excluding hydrogens is 242 g/mol. The van der Waals surface area contributed by atoms with Crippen LogP contribution in [0.1, 0.15) is 43.5 Å². The zero-order valence-electron chi connectivity index (χ0n) is 9.71. The molecule has 0 saturated carbocycles. The van der Waals surface area contributed by atoms with Gasteiger partial charge in [-0.1, -0.05) is 24.4 Å². The standard InChI is InChI=1S/C12H20ClNOS/c1-10(11-6-7-12(13)16-11)14-8-4-2-3-5-9-15/h6-7,10,14-15H,2-5,8-9H2,1H3. The van der Waals surface area contributed by atoms with Crippen LogP contribution in [0.25, 0.3) is 0 Å². The maximum absolute atomic E-state index is 8.64. The van der Waals surface area contributed by atoms with Gasteiger partial charge in [-0.05, 0) is 38.4 Å². The second-order valence-corrected chi connectivity index (χ2v) is 5.70. The first-order valence-electron chi connectivity index (χ1n) is 5.83. The molecule has 1 unspecified atom stereocenters. The molecule has 0 fully saturated rings. The molecular formula is C12H20ClNOS. The van der Waals surface area contributed by atoms with Crippen molar-refractivity contribution in [1.29, 1.82) is 0 Å².